The van der Waals surface area contributed by atoms with E-state index in [1.165, 1.54) is 0 Å². The largest absolute Gasteiger partial charge is 0.353 e. The van der Waals surface area contributed by atoms with E-state index in [0.29, 0.717) is 11.4 Å². The summed E-state index contributed by atoms with van der Waals surface area (Å²) in [6.07, 6.45) is 2.48. The lowest BCUT2D eigenvalue weighted by Crippen LogP contribution is -2.33. The average Bonchev–Trinajstić information content (AvgIpc) is 2.29. The second-order valence-electron chi connectivity index (χ2n) is 4.10. The molecule has 1 aromatic rings. The predicted molar refractivity (Wildman–Crippen MR) is 75.8 cm³/mol. The van der Waals surface area contributed by atoms with Crippen LogP contribution in [0.5, 0.6) is 0 Å². The van der Waals surface area contributed by atoms with Gasteiger partial charge in [-0.1, -0.05) is 39.7 Å². The summed E-state index contributed by atoms with van der Waals surface area (Å²) in [6, 6.07) is 7.60. The van der Waals surface area contributed by atoms with Gasteiger partial charge in [0.25, 0.3) is 0 Å². The standard InChI is InChI=1S/C13H17BrClNO/c1-10(3-2-8-14)16-13(17)9-11-4-6-12(15)7-5-11/h4-7,10H,2-3,8-9H2,1H3,(H,16,17). The van der Waals surface area contributed by atoms with Crippen molar-refractivity contribution in [3.8, 4) is 0 Å². The molecule has 0 aliphatic carbocycles. The van der Waals surface area contributed by atoms with Crippen molar-refractivity contribution in [3.63, 3.8) is 0 Å². The normalized spacial score (nSPS) is 12.2. The highest BCUT2D eigenvalue weighted by Crippen LogP contribution is 2.10. The van der Waals surface area contributed by atoms with E-state index in [-0.39, 0.29) is 11.9 Å². The number of alkyl halides is 1. The molecular weight excluding hydrogens is 302 g/mol. The Hall–Kier alpha value is -0.540. The van der Waals surface area contributed by atoms with Crippen LogP contribution in [0.3, 0.4) is 0 Å². The molecule has 0 saturated heterocycles. The van der Waals surface area contributed by atoms with Crippen molar-refractivity contribution in [3.05, 3.63) is 34.9 Å². The van der Waals surface area contributed by atoms with Crippen molar-refractivity contribution in [1.29, 1.82) is 0 Å². The molecule has 1 rings (SSSR count). The Kier molecular flexibility index (Phi) is 6.60. The lowest BCUT2D eigenvalue weighted by molar-refractivity contribution is -0.121. The zero-order chi connectivity index (χ0) is 12.7. The van der Waals surface area contributed by atoms with Gasteiger partial charge in [-0.15, -0.1) is 0 Å². The maximum absolute atomic E-state index is 11.7. The fourth-order valence-electron chi connectivity index (χ4n) is 1.57. The van der Waals surface area contributed by atoms with E-state index in [1.807, 2.05) is 19.1 Å². The van der Waals surface area contributed by atoms with Crippen LogP contribution in [0.2, 0.25) is 5.02 Å². The molecule has 1 aromatic carbocycles. The van der Waals surface area contributed by atoms with Gasteiger partial charge in [0.05, 0.1) is 6.42 Å². The number of halogens is 2. The Morgan fingerprint density at radius 2 is 2.06 bits per heavy atom. The van der Waals surface area contributed by atoms with Gasteiger partial charge in [-0.05, 0) is 37.5 Å². The quantitative estimate of drug-likeness (QED) is 0.798. The van der Waals surface area contributed by atoms with Crippen LogP contribution in [0.15, 0.2) is 24.3 Å². The van der Waals surface area contributed by atoms with Crippen molar-refractivity contribution >= 4 is 33.4 Å². The maximum Gasteiger partial charge on any atom is 0.224 e. The molecule has 0 aliphatic heterocycles. The van der Waals surface area contributed by atoms with E-state index in [0.717, 1.165) is 23.7 Å². The average molecular weight is 319 g/mol. The number of hydrogen-bond donors (Lipinski definition) is 1. The summed E-state index contributed by atoms with van der Waals surface area (Å²) in [5, 5.41) is 4.66. The van der Waals surface area contributed by atoms with Crippen molar-refractivity contribution in [2.75, 3.05) is 5.33 Å². The molecule has 4 heteroatoms. The van der Waals surface area contributed by atoms with Gasteiger partial charge in [-0.2, -0.15) is 0 Å². The summed E-state index contributed by atoms with van der Waals surface area (Å²) in [6.45, 7) is 2.03. The van der Waals surface area contributed by atoms with E-state index in [1.54, 1.807) is 12.1 Å². The summed E-state index contributed by atoms with van der Waals surface area (Å²) >= 11 is 9.16. The summed E-state index contributed by atoms with van der Waals surface area (Å²) < 4.78 is 0. The monoisotopic (exact) mass is 317 g/mol. The molecule has 2 nitrogen and oxygen atoms in total. The van der Waals surface area contributed by atoms with Crippen molar-refractivity contribution in [1.82, 2.24) is 5.32 Å². The Bertz CT molecular complexity index is 353. The van der Waals surface area contributed by atoms with E-state index < -0.39 is 0 Å². The van der Waals surface area contributed by atoms with Gasteiger partial charge in [0, 0.05) is 16.4 Å². The molecule has 1 atom stereocenters. The van der Waals surface area contributed by atoms with Gasteiger partial charge in [0.1, 0.15) is 0 Å². The maximum atomic E-state index is 11.7. The van der Waals surface area contributed by atoms with Crippen LogP contribution in [0.1, 0.15) is 25.3 Å². The predicted octanol–water partition coefficient (Wildman–Crippen LogP) is 3.56. The zero-order valence-corrected chi connectivity index (χ0v) is 12.2. The van der Waals surface area contributed by atoms with Crippen LogP contribution in [-0.2, 0) is 11.2 Å². The number of hydrogen-bond acceptors (Lipinski definition) is 1. The minimum Gasteiger partial charge on any atom is -0.353 e. The van der Waals surface area contributed by atoms with Crippen LogP contribution in [0.4, 0.5) is 0 Å². The summed E-state index contributed by atoms with van der Waals surface area (Å²) in [7, 11) is 0. The van der Waals surface area contributed by atoms with Gasteiger partial charge >= 0.3 is 0 Å². The summed E-state index contributed by atoms with van der Waals surface area (Å²) in [5.74, 6) is 0.0643. The van der Waals surface area contributed by atoms with Crippen molar-refractivity contribution in [2.24, 2.45) is 0 Å². The minimum atomic E-state index is 0.0643. The topological polar surface area (TPSA) is 29.1 Å². The molecule has 0 bridgehead atoms. The molecule has 17 heavy (non-hydrogen) atoms. The number of amides is 1. The van der Waals surface area contributed by atoms with Crippen LogP contribution in [0, 0.1) is 0 Å². The Morgan fingerprint density at radius 3 is 2.65 bits per heavy atom. The molecule has 1 N–H and O–H groups in total. The Labute approximate surface area is 116 Å². The molecule has 0 heterocycles. The van der Waals surface area contributed by atoms with Crippen molar-refractivity contribution < 1.29 is 4.79 Å². The first kappa shape index (κ1) is 14.5. The highest BCUT2D eigenvalue weighted by Gasteiger charge is 2.07. The third kappa shape index (κ3) is 6.08. The van der Waals surface area contributed by atoms with Gasteiger partial charge in [-0.3, -0.25) is 4.79 Å². The first-order chi connectivity index (χ1) is 8.11. The molecule has 0 aliphatic rings. The molecule has 0 fully saturated rings. The molecule has 94 valence electrons. The lowest BCUT2D eigenvalue weighted by Gasteiger charge is -2.13. The summed E-state index contributed by atoms with van der Waals surface area (Å²) in [4.78, 5) is 11.7. The number of nitrogens with one attached hydrogen (secondary N) is 1. The second kappa shape index (κ2) is 7.72. The molecule has 0 radical (unpaired) electrons. The van der Waals surface area contributed by atoms with Crippen molar-refractivity contribution in [2.45, 2.75) is 32.2 Å². The summed E-state index contributed by atoms with van der Waals surface area (Å²) in [5.41, 5.74) is 0.986. The van der Waals surface area contributed by atoms with Crippen LogP contribution in [0.25, 0.3) is 0 Å². The van der Waals surface area contributed by atoms with E-state index in [2.05, 4.69) is 21.2 Å². The SMILES string of the molecule is CC(CCCBr)NC(=O)Cc1ccc(Cl)cc1. The highest BCUT2D eigenvalue weighted by atomic mass is 79.9. The van der Waals surface area contributed by atoms with Crippen LogP contribution in [-0.4, -0.2) is 17.3 Å². The fraction of sp³-hybridized carbons (Fsp3) is 0.462. The Balaban J connectivity index is 2.36. The minimum absolute atomic E-state index is 0.0643. The van der Waals surface area contributed by atoms with Gasteiger partial charge in [0.15, 0.2) is 0 Å². The third-order valence-corrected chi connectivity index (χ3v) is 3.27. The van der Waals surface area contributed by atoms with Crippen LogP contribution >= 0.6 is 27.5 Å². The van der Waals surface area contributed by atoms with Gasteiger partial charge in [-0.25, -0.2) is 0 Å². The first-order valence-corrected chi connectivity index (χ1v) is 7.21. The molecular formula is C13H17BrClNO. The molecule has 0 saturated carbocycles. The first-order valence-electron chi connectivity index (χ1n) is 5.71. The van der Waals surface area contributed by atoms with E-state index >= 15 is 0 Å². The van der Waals surface area contributed by atoms with Gasteiger partial charge < -0.3 is 5.32 Å². The second-order valence-corrected chi connectivity index (χ2v) is 5.33. The van der Waals surface area contributed by atoms with Crippen LogP contribution < -0.4 is 5.32 Å². The highest BCUT2D eigenvalue weighted by molar-refractivity contribution is 9.09. The smallest absolute Gasteiger partial charge is 0.224 e. The molecule has 1 unspecified atom stereocenters. The molecule has 0 spiro atoms. The van der Waals surface area contributed by atoms with E-state index in [4.69, 9.17) is 11.6 Å². The number of carbonyl (C=O) groups is 1. The fourth-order valence-corrected chi connectivity index (χ4v) is 2.02. The lowest BCUT2D eigenvalue weighted by atomic mass is 10.1. The zero-order valence-electron chi connectivity index (χ0n) is 9.88. The van der Waals surface area contributed by atoms with Gasteiger partial charge in [0.2, 0.25) is 5.91 Å². The number of benzene rings is 1. The third-order valence-electron chi connectivity index (χ3n) is 2.46. The number of carbonyl (C=O) groups excluding carboxylic acids is 1. The molecule has 1 amide bonds. The molecule has 0 aromatic heterocycles. The number of rotatable bonds is 6. The Morgan fingerprint density at radius 1 is 1.41 bits per heavy atom. The van der Waals surface area contributed by atoms with E-state index in [9.17, 15) is 4.79 Å².